The van der Waals surface area contributed by atoms with Crippen molar-refractivity contribution < 1.29 is 24.2 Å². The van der Waals surface area contributed by atoms with Crippen molar-refractivity contribution in [1.82, 2.24) is 10.6 Å². The summed E-state index contributed by atoms with van der Waals surface area (Å²) in [5.74, 6) is -1.61. The number of amides is 2. The number of rotatable bonds is 8. The molecule has 2 aromatic carbocycles. The van der Waals surface area contributed by atoms with Crippen molar-refractivity contribution in [3.05, 3.63) is 59.7 Å². The fraction of sp³-hybridized carbons (Fsp3) is 0.464. The van der Waals surface area contributed by atoms with Crippen LogP contribution in [0.3, 0.4) is 0 Å². The van der Waals surface area contributed by atoms with Crippen LogP contribution in [0.5, 0.6) is 0 Å². The van der Waals surface area contributed by atoms with E-state index in [0.29, 0.717) is 25.7 Å². The van der Waals surface area contributed by atoms with Gasteiger partial charge in [-0.25, -0.2) is 4.79 Å². The number of alkyl carbamates (subject to hydrolysis) is 1. The van der Waals surface area contributed by atoms with E-state index in [2.05, 4.69) is 34.9 Å². The smallest absolute Gasteiger partial charge is 0.408 e. The van der Waals surface area contributed by atoms with Crippen LogP contribution in [-0.4, -0.2) is 41.3 Å². The van der Waals surface area contributed by atoms with Gasteiger partial charge in [-0.3, -0.25) is 9.59 Å². The van der Waals surface area contributed by atoms with Crippen LogP contribution in [0.1, 0.15) is 69.4 Å². The Hall–Kier alpha value is -3.35. The normalized spacial score (nSPS) is 19.4. The number of hydrogen-bond donors (Lipinski definition) is 3. The molecule has 0 radical (unpaired) electrons. The second-order valence-corrected chi connectivity index (χ2v) is 9.61. The highest BCUT2D eigenvalue weighted by Gasteiger charge is 2.39. The number of aliphatic carboxylic acids is 1. The number of fused-ring (bicyclic) bond motifs is 3. The molecule has 0 aromatic heterocycles. The molecule has 2 aliphatic rings. The van der Waals surface area contributed by atoms with E-state index in [9.17, 15) is 19.5 Å². The Morgan fingerprint density at radius 3 is 2.14 bits per heavy atom. The molecule has 7 nitrogen and oxygen atoms in total. The van der Waals surface area contributed by atoms with Gasteiger partial charge >= 0.3 is 12.1 Å². The molecule has 2 aromatic rings. The van der Waals surface area contributed by atoms with Crippen molar-refractivity contribution >= 4 is 18.0 Å². The van der Waals surface area contributed by atoms with Gasteiger partial charge in [0.2, 0.25) is 5.91 Å². The van der Waals surface area contributed by atoms with Gasteiger partial charge in [0.15, 0.2) is 0 Å². The highest BCUT2D eigenvalue weighted by atomic mass is 16.5. The first-order valence-corrected chi connectivity index (χ1v) is 12.6. The van der Waals surface area contributed by atoms with Crippen LogP contribution >= 0.6 is 0 Å². The molecule has 7 heteroatoms. The predicted octanol–water partition coefficient (Wildman–Crippen LogP) is 4.84. The lowest BCUT2D eigenvalue weighted by Gasteiger charge is -2.35. The zero-order chi connectivity index (χ0) is 25.0. The molecule has 35 heavy (non-hydrogen) atoms. The lowest BCUT2D eigenvalue weighted by Crippen LogP contribution is -2.60. The Labute approximate surface area is 206 Å². The quantitative estimate of drug-likeness (QED) is 0.503. The van der Waals surface area contributed by atoms with Gasteiger partial charge in [0.1, 0.15) is 12.1 Å². The number of carboxylic acids is 1. The van der Waals surface area contributed by atoms with Crippen LogP contribution in [0.4, 0.5) is 4.79 Å². The van der Waals surface area contributed by atoms with Crippen molar-refractivity contribution in [2.24, 2.45) is 5.92 Å². The first-order chi connectivity index (χ1) is 16.9. The minimum atomic E-state index is -1.11. The number of carboxylic acid groups (broad SMARTS) is 1. The fourth-order valence-electron chi connectivity index (χ4n) is 5.50. The van der Waals surface area contributed by atoms with Crippen LogP contribution in [0, 0.1) is 5.92 Å². The minimum Gasteiger partial charge on any atom is -0.481 e. The average Bonchev–Trinajstić information content (AvgIpc) is 3.20. The second kappa shape index (κ2) is 10.5. The fourth-order valence-corrected chi connectivity index (χ4v) is 5.50. The molecular formula is C28H34N2O5. The summed E-state index contributed by atoms with van der Waals surface area (Å²) < 4.78 is 5.68. The zero-order valence-electron chi connectivity index (χ0n) is 20.4. The molecule has 4 rings (SSSR count). The molecular weight excluding hydrogens is 444 g/mol. The molecule has 1 saturated carbocycles. The minimum absolute atomic E-state index is 0.0604. The van der Waals surface area contributed by atoms with Crippen molar-refractivity contribution in [2.75, 3.05) is 6.61 Å². The Kier molecular flexibility index (Phi) is 7.43. The van der Waals surface area contributed by atoms with E-state index in [-0.39, 0.29) is 24.5 Å². The number of benzene rings is 2. The predicted molar refractivity (Wildman–Crippen MR) is 133 cm³/mol. The molecule has 0 spiro atoms. The van der Waals surface area contributed by atoms with E-state index in [1.54, 1.807) is 0 Å². The van der Waals surface area contributed by atoms with Gasteiger partial charge in [0.25, 0.3) is 0 Å². The molecule has 0 bridgehead atoms. The summed E-state index contributed by atoms with van der Waals surface area (Å²) in [7, 11) is 0. The van der Waals surface area contributed by atoms with Crippen LogP contribution in [0.2, 0.25) is 0 Å². The monoisotopic (exact) mass is 478 g/mol. The summed E-state index contributed by atoms with van der Waals surface area (Å²) in [4.78, 5) is 37.6. The summed E-state index contributed by atoms with van der Waals surface area (Å²) in [5.41, 5.74) is 3.45. The van der Waals surface area contributed by atoms with Gasteiger partial charge in [0, 0.05) is 12.0 Å². The number of nitrogens with one attached hydrogen (secondary N) is 2. The van der Waals surface area contributed by atoms with Crippen LogP contribution in [0.15, 0.2) is 48.5 Å². The molecule has 0 aliphatic heterocycles. The van der Waals surface area contributed by atoms with E-state index >= 15 is 0 Å². The van der Waals surface area contributed by atoms with Crippen molar-refractivity contribution in [3.8, 4) is 11.1 Å². The third-order valence-electron chi connectivity index (χ3n) is 7.69. The Bertz CT molecular complexity index is 1050. The van der Waals surface area contributed by atoms with Crippen molar-refractivity contribution in [3.63, 3.8) is 0 Å². The van der Waals surface area contributed by atoms with Crippen molar-refractivity contribution in [2.45, 2.75) is 69.9 Å². The van der Waals surface area contributed by atoms with Crippen LogP contribution < -0.4 is 10.6 Å². The molecule has 0 heterocycles. The third-order valence-corrected chi connectivity index (χ3v) is 7.69. The van der Waals surface area contributed by atoms with Gasteiger partial charge in [-0.15, -0.1) is 0 Å². The van der Waals surface area contributed by atoms with E-state index in [1.807, 2.05) is 38.1 Å². The van der Waals surface area contributed by atoms with Gasteiger partial charge < -0.3 is 20.5 Å². The standard InChI is InChI=1S/C28H34N2O5/c1-3-28(4-2,26(33)29-19-11-9-10-18(16-19)25(31)32)30-27(34)35-17-24-22-14-7-5-12-20(22)21-13-6-8-15-23(21)24/h5-8,12-15,18-19,24H,3-4,9-11,16-17H2,1-2H3,(H,29,33)(H,30,34)(H,31,32). The Balaban J connectivity index is 1.41. The van der Waals surface area contributed by atoms with Crippen molar-refractivity contribution in [1.29, 1.82) is 0 Å². The van der Waals surface area contributed by atoms with Gasteiger partial charge in [-0.05, 0) is 54.4 Å². The summed E-state index contributed by atoms with van der Waals surface area (Å²) >= 11 is 0. The molecule has 186 valence electrons. The highest BCUT2D eigenvalue weighted by Crippen LogP contribution is 2.44. The molecule has 0 saturated heterocycles. The summed E-state index contributed by atoms with van der Waals surface area (Å²) in [6, 6.07) is 16.1. The Morgan fingerprint density at radius 2 is 1.57 bits per heavy atom. The van der Waals surface area contributed by atoms with Gasteiger partial charge in [-0.2, -0.15) is 0 Å². The molecule has 1 fully saturated rings. The number of carbonyl (C=O) groups is 3. The molecule has 2 amide bonds. The molecule has 3 N–H and O–H groups in total. The number of hydrogen-bond acceptors (Lipinski definition) is 4. The summed E-state index contributed by atoms with van der Waals surface area (Å²) in [6.45, 7) is 3.88. The maximum absolute atomic E-state index is 13.3. The molecule has 2 aliphatic carbocycles. The molecule has 2 atom stereocenters. The van der Waals surface area contributed by atoms with E-state index < -0.39 is 23.5 Å². The molecule has 2 unspecified atom stereocenters. The second-order valence-electron chi connectivity index (χ2n) is 9.61. The van der Waals surface area contributed by atoms with E-state index in [4.69, 9.17) is 4.74 Å². The lowest BCUT2D eigenvalue weighted by molar-refractivity contribution is -0.143. The zero-order valence-corrected chi connectivity index (χ0v) is 20.4. The average molecular weight is 479 g/mol. The van der Waals surface area contributed by atoms with Crippen LogP contribution in [0.25, 0.3) is 11.1 Å². The van der Waals surface area contributed by atoms with E-state index in [0.717, 1.165) is 35.1 Å². The number of carbonyl (C=O) groups excluding carboxylic acids is 2. The highest BCUT2D eigenvalue weighted by molar-refractivity contribution is 5.90. The first-order valence-electron chi connectivity index (χ1n) is 12.6. The maximum Gasteiger partial charge on any atom is 0.408 e. The summed E-state index contributed by atoms with van der Waals surface area (Å²) in [6.07, 6.45) is 2.71. The van der Waals surface area contributed by atoms with Gasteiger partial charge in [0.05, 0.1) is 5.92 Å². The largest absolute Gasteiger partial charge is 0.481 e. The lowest BCUT2D eigenvalue weighted by atomic mass is 9.84. The van der Waals surface area contributed by atoms with Gasteiger partial charge in [-0.1, -0.05) is 68.8 Å². The first kappa shape index (κ1) is 24.8. The third kappa shape index (κ3) is 5.04. The van der Waals surface area contributed by atoms with Crippen LogP contribution in [-0.2, 0) is 14.3 Å². The topological polar surface area (TPSA) is 105 Å². The Morgan fingerprint density at radius 1 is 0.971 bits per heavy atom. The number of ether oxygens (including phenoxy) is 1. The maximum atomic E-state index is 13.3. The SMILES string of the molecule is CCC(CC)(NC(=O)OCC1c2ccccc2-c2ccccc21)C(=O)NC1CCCC(C(=O)O)C1. The summed E-state index contributed by atoms with van der Waals surface area (Å²) in [5, 5.41) is 15.2. The van der Waals surface area contributed by atoms with E-state index in [1.165, 1.54) is 0 Å².